The Morgan fingerprint density at radius 1 is 1.35 bits per heavy atom. The van der Waals surface area contributed by atoms with E-state index in [1.54, 1.807) is 18.2 Å². The molecule has 0 radical (unpaired) electrons. The minimum absolute atomic E-state index is 0.203. The number of hydrogen-bond donors (Lipinski definition) is 3. The van der Waals surface area contributed by atoms with Crippen LogP contribution in [-0.4, -0.2) is 17.9 Å². The van der Waals surface area contributed by atoms with Gasteiger partial charge in [-0.25, -0.2) is 0 Å². The Balaban J connectivity index is 2.67. The molecular formula is C14H20ClN3O2. The number of amides is 2. The molecule has 20 heavy (non-hydrogen) atoms. The largest absolute Gasteiger partial charge is 0.325 e. The first kappa shape index (κ1) is 16.5. The van der Waals surface area contributed by atoms with E-state index in [9.17, 15) is 9.59 Å². The zero-order chi connectivity index (χ0) is 15.1. The van der Waals surface area contributed by atoms with Crippen molar-refractivity contribution in [3.8, 4) is 0 Å². The van der Waals surface area contributed by atoms with Gasteiger partial charge in [-0.15, -0.1) is 0 Å². The maximum atomic E-state index is 11.8. The van der Waals surface area contributed by atoms with Crippen LogP contribution in [0, 0.1) is 0 Å². The SMILES string of the molecule is CCCC[C@H](N)C(=O)Nc1ccc(NC(C)=O)c(Cl)c1. The minimum atomic E-state index is -0.524. The average molecular weight is 298 g/mol. The summed E-state index contributed by atoms with van der Waals surface area (Å²) in [7, 11) is 0. The molecule has 5 nitrogen and oxygen atoms in total. The smallest absolute Gasteiger partial charge is 0.241 e. The van der Waals surface area contributed by atoms with Crippen molar-refractivity contribution in [1.29, 1.82) is 0 Å². The van der Waals surface area contributed by atoms with Crippen LogP contribution < -0.4 is 16.4 Å². The molecule has 0 bridgehead atoms. The van der Waals surface area contributed by atoms with Crippen molar-refractivity contribution in [3.05, 3.63) is 23.2 Å². The number of halogens is 1. The number of nitrogens with one attached hydrogen (secondary N) is 2. The molecule has 1 aromatic rings. The van der Waals surface area contributed by atoms with E-state index in [4.69, 9.17) is 17.3 Å². The number of carbonyl (C=O) groups excluding carboxylic acids is 2. The summed E-state index contributed by atoms with van der Waals surface area (Å²) in [6.07, 6.45) is 2.56. The van der Waals surface area contributed by atoms with Crippen molar-refractivity contribution >= 4 is 34.8 Å². The van der Waals surface area contributed by atoms with Gasteiger partial charge in [0.25, 0.3) is 0 Å². The molecule has 1 atom stereocenters. The second kappa shape index (κ2) is 7.87. The highest BCUT2D eigenvalue weighted by molar-refractivity contribution is 6.34. The summed E-state index contributed by atoms with van der Waals surface area (Å²) < 4.78 is 0. The third kappa shape index (κ3) is 5.19. The van der Waals surface area contributed by atoms with Crippen LogP contribution in [-0.2, 0) is 9.59 Å². The van der Waals surface area contributed by atoms with Crippen LogP contribution in [0.25, 0.3) is 0 Å². The van der Waals surface area contributed by atoms with E-state index >= 15 is 0 Å². The van der Waals surface area contributed by atoms with Crippen molar-refractivity contribution in [2.45, 2.75) is 39.2 Å². The zero-order valence-corrected chi connectivity index (χ0v) is 12.5. The molecule has 0 spiro atoms. The van der Waals surface area contributed by atoms with Crippen LogP contribution in [0.4, 0.5) is 11.4 Å². The number of benzene rings is 1. The van der Waals surface area contributed by atoms with Gasteiger partial charge in [0.15, 0.2) is 0 Å². The van der Waals surface area contributed by atoms with Gasteiger partial charge in [0.2, 0.25) is 11.8 Å². The highest BCUT2D eigenvalue weighted by atomic mass is 35.5. The van der Waals surface area contributed by atoms with Crippen LogP contribution in [0.5, 0.6) is 0 Å². The van der Waals surface area contributed by atoms with Gasteiger partial charge in [-0.1, -0.05) is 31.4 Å². The van der Waals surface area contributed by atoms with Gasteiger partial charge < -0.3 is 16.4 Å². The maximum Gasteiger partial charge on any atom is 0.241 e. The number of anilines is 2. The highest BCUT2D eigenvalue weighted by Crippen LogP contribution is 2.25. The lowest BCUT2D eigenvalue weighted by molar-refractivity contribution is -0.117. The molecule has 1 aromatic carbocycles. The van der Waals surface area contributed by atoms with Crippen molar-refractivity contribution in [2.24, 2.45) is 5.73 Å². The van der Waals surface area contributed by atoms with Gasteiger partial charge >= 0.3 is 0 Å². The molecule has 0 aliphatic rings. The first-order valence-corrected chi connectivity index (χ1v) is 6.95. The Morgan fingerprint density at radius 2 is 2.05 bits per heavy atom. The van der Waals surface area contributed by atoms with E-state index in [-0.39, 0.29) is 11.8 Å². The fourth-order valence-electron chi connectivity index (χ4n) is 1.67. The van der Waals surface area contributed by atoms with E-state index in [2.05, 4.69) is 10.6 Å². The van der Waals surface area contributed by atoms with Crippen molar-refractivity contribution in [2.75, 3.05) is 10.6 Å². The predicted molar refractivity (Wildman–Crippen MR) is 81.9 cm³/mol. The summed E-state index contributed by atoms with van der Waals surface area (Å²) >= 11 is 6.02. The molecule has 0 aliphatic heterocycles. The molecular weight excluding hydrogens is 278 g/mol. The molecule has 0 unspecified atom stereocenters. The second-order valence-electron chi connectivity index (χ2n) is 4.61. The topological polar surface area (TPSA) is 84.2 Å². The van der Waals surface area contributed by atoms with Crippen molar-refractivity contribution in [1.82, 2.24) is 0 Å². The Bertz CT molecular complexity index is 491. The van der Waals surface area contributed by atoms with Crippen molar-refractivity contribution in [3.63, 3.8) is 0 Å². The van der Waals surface area contributed by atoms with E-state index in [0.29, 0.717) is 22.8 Å². The fourth-order valence-corrected chi connectivity index (χ4v) is 1.90. The maximum absolute atomic E-state index is 11.8. The first-order chi connectivity index (χ1) is 9.43. The number of nitrogens with two attached hydrogens (primary N) is 1. The highest BCUT2D eigenvalue weighted by Gasteiger charge is 2.13. The quantitative estimate of drug-likeness (QED) is 0.755. The molecule has 0 aromatic heterocycles. The predicted octanol–water partition coefficient (Wildman–Crippen LogP) is 2.75. The van der Waals surface area contributed by atoms with Gasteiger partial charge in [0, 0.05) is 12.6 Å². The molecule has 0 fully saturated rings. The first-order valence-electron chi connectivity index (χ1n) is 6.57. The lowest BCUT2D eigenvalue weighted by Gasteiger charge is -2.13. The standard InChI is InChI=1S/C14H20ClN3O2/c1-3-4-5-12(16)14(20)18-10-6-7-13(11(15)8-10)17-9(2)19/h6-8,12H,3-5,16H2,1-2H3,(H,17,19)(H,18,20)/t12-/m0/s1. The lowest BCUT2D eigenvalue weighted by atomic mass is 10.1. The van der Waals surface area contributed by atoms with Gasteiger partial charge in [0.1, 0.15) is 0 Å². The zero-order valence-electron chi connectivity index (χ0n) is 11.7. The molecule has 1 rings (SSSR count). The molecule has 0 saturated heterocycles. The molecule has 2 amide bonds. The molecule has 110 valence electrons. The third-order valence-electron chi connectivity index (χ3n) is 2.75. The fraction of sp³-hybridized carbons (Fsp3) is 0.429. The van der Waals surface area contributed by atoms with Gasteiger partial charge in [-0.3, -0.25) is 9.59 Å². The summed E-state index contributed by atoms with van der Waals surface area (Å²) in [5.41, 5.74) is 6.85. The lowest BCUT2D eigenvalue weighted by Crippen LogP contribution is -2.35. The number of carbonyl (C=O) groups is 2. The molecule has 0 heterocycles. The Morgan fingerprint density at radius 3 is 2.60 bits per heavy atom. The molecule has 6 heteroatoms. The van der Waals surface area contributed by atoms with Crippen LogP contribution in [0.15, 0.2) is 18.2 Å². The minimum Gasteiger partial charge on any atom is -0.325 e. The monoisotopic (exact) mass is 297 g/mol. The Labute approximate surface area is 123 Å². The molecule has 0 aliphatic carbocycles. The third-order valence-corrected chi connectivity index (χ3v) is 3.07. The summed E-state index contributed by atoms with van der Waals surface area (Å²) in [5, 5.41) is 5.67. The normalized spacial score (nSPS) is 11.8. The number of rotatable bonds is 6. The van der Waals surface area contributed by atoms with Crippen LogP contribution in [0.1, 0.15) is 33.1 Å². The average Bonchev–Trinajstić information content (AvgIpc) is 2.38. The summed E-state index contributed by atoms with van der Waals surface area (Å²) in [6.45, 7) is 3.45. The van der Waals surface area contributed by atoms with Crippen LogP contribution >= 0.6 is 11.6 Å². The van der Waals surface area contributed by atoms with E-state index < -0.39 is 6.04 Å². The summed E-state index contributed by atoms with van der Waals surface area (Å²) in [5.74, 6) is -0.438. The van der Waals surface area contributed by atoms with E-state index in [0.717, 1.165) is 12.8 Å². The van der Waals surface area contributed by atoms with E-state index in [1.807, 2.05) is 6.92 Å². The summed E-state index contributed by atoms with van der Waals surface area (Å²) in [4.78, 5) is 22.8. The second-order valence-corrected chi connectivity index (χ2v) is 5.02. The number of hydrogen-bond acceptors (Lipinski definition) is 3. The number of unbranched alkanes of at least 4 members (excludes halogenated alkanes) is 1. The van der Waals surface area contributed by atoms with Crippen LogP contribution in [0.2, 0.25) is 5.02 Å². The Hall–Kier alpha value is -1.59. The molecule has 4 N–H and O–H groups in total. The van der Waals surface area contributed by atoms with Crippen LogP contribution in [0.3, 0.4) is 0 Å². The van der Waals surface area contributed by atoms with Crippen molar-refractivity contribution < 1.29 is 9.59 Å². The van der Waals surface area contributed by atoms with Gasteiger partial charge in [0.05, 0.1) is 16.8 Å². The molecule has 0 saturated carbocycles. The summed E-state index contributed by atoms with van der Waals surface area (Å²) in [6, 6.07) is 4.36. The van der Waals surface area contributed by atoms with Gasteiger partial charge in [-0.05, 0) is 24.6 Å². The van der Waals surface area contributed by atoms with Gasteiger partial charge in [-0.2, -0.15) is 0 Å². The van der Waals surface area contributed by atoms with E-state index in [1.165, 1.54) is 6.92 Å². The Kier molecular flexibility index (Phi) is 6.48.